The number of rotatable bonds is 3. The van der Waals surface area contributed by atoms with Gasteiger partial charge in [-0.05, 0) is 18.6 Å². The Bertz CT molecular complexity index is 610. The van der Waals surface area contributed by atoms with Gasteiger partial charge in [-0.3, -0.25) is 4.79 Å². The van der Waals surface area contributed by atoms with E-state index in [1.165, 1.54) is 4.90 Å². The Morgan fingerprint density at radius 2 is 2.22 bits per heavy atom. The van der Waals surface area contributed by atoms with Crippen molar-refractivity contribution in [2.45, 2.75) is 13.3 Å². The molecule has 2 aromatic rings. The first-order valence-electron chi connectivity index (χ1n) is 5.82. The molecule has 0 saturated heterocycles. The summed E-state index contributed by atoms with van der Waals surface area (Å²) < 4.78 is 5.39. The van der Waals surface area contributed by atoms with Gasteiger partial charge in [0, 0.05) is 12.4 Å². The average molecular weight is 242 g/mol. The fourth-order valence-corrected chi connectivity index (χ4v) is 1.90. The van der Waals surface area contributed by atoms with Crippen molar-refractivity contribution in [2.24, 2.45) is 5.92 Å². The third kappa shape index (κ3) is 1.95. The van der Waals surface area contributed by atoms with Crippen LogP contribution in [-0.4, -0.2) is 13.0 Å². The number of carbonyl (C=O) groups is 1. The van der Waals surface area contributed by atoms with Crippen molar-refractivity contribution in [3.63, 3.8) is 0 Å². The van der Waals surface area contributed by atoms with E-state index in [1.54, 1.807) is 13.3 Å². The summed E-state index contributed by atoms with van der Waals surface area (Å²) in [6.45, 7) is 1.83. The Labute approximate surface area is 105 Å². The smallest absolute Gasteiger partial charge is 0.244 e. The molecule has 0 fully saturated rings. The zero-order valence-electron chi connectivity index (χ0n) is 10.4. The van der Waals surface area contributed by atoms with Gasteiger partial charge in [-0.1, -0.05) is 19.1 Å². The van der Waals surface area contributed by atoms with Crippen molar-refractivity contribution < 1.29 is 9.21 Å². The summed E-state index contributed by atoms with van der Waals surface area (Å²) in [7, 11) is 1.67. The van der Waals surface area contributed by atoms with Gasteiger partial charge in [-0.2, -0.15) is 5.26 Å². The molecular weight excluding hydrogens is 228 g/mol. The van der Waals surface area contributed by atoms with Crippen LogP contribution in [0.2, 0.25) is 0 Å². The summed E-state index contributed by atoms with van der Waals surface area (Å²) in [6, 6.07) is 9.53. The SMILES string of the molecule is CCC(C#N)C(=O)N(C)c1coc2ccccc12. The maximum atomic E-state index is 12.1. The largest absolute Gasteiger partial charge is 0.462 e. The lowest BCUT2D eigenvalue weighted by Gasteiger charge is -2.17. The first-order chi connectivity index (χ1) is 8.69. The number of para-hydroxylation sites is 1. The minimum atomic E-state index is -0.608. The van der Waals surface area contributed by atoms with Crippen LogP contribution in [-0.2, 0) is 4.79 Å². The van der Waals surface area contributed by atoms with Crippen LogP contribution in [0.15, 0.2) is 34.9 Å². The van der Waals surface area contributed by atoms with E-state index in [4.69, 9.17) is 9.68 Å². The number of nitriles is 1. The van der Waals surface area contributed by atoms with Gasteiger partial charge in [0.25, 0.3) is 0 Å². The molecule has 1 atom stereocenters. The number of furan rings is 1. The van der Waals surface area contributed by atoms with Gasteiger partial charge in [0.15, 0.2) is 0 Å². The molecule has 0 radical (unpaired) electrons. The van der Waals surface area contributed by atoms with Gasteiger partial charge < -0.3 is 9.32 Å². The molecule has 0 aliphatic rings. The van der Waals surface area contributed by atoms with Gasteiger partial charge in [0.05, 0.1) is 11.8 Å². The fourth-order valence-electron chi connectivity index (χ4n) is 1.90. The van der Waals surface area contributed by atoms with Crippen LogP contribution in [0.3, 0.4) is 0 Å². The third-order valence-corrected chi connectivity index (χ3v) is 3.01. The minimum Gasteiger partial charge on any atom is -0.462 e. The van der Waals surface area contributed by atoms with Crippen molar-refractivity contribution in [3.8, 4) is 6.07 Å². The Morgan fingerprint density at radius 3 is 2.89 bits per heavy atom. The van der Waals surface area contributed by atoms with E-state index < -0.39 is 5.92 Å². The van der Waals surface area contributed by atoms with Crippen LogP contribution in [0, 0.1) is 17.2 Å². The lowest BCUT2D eigenvalue weighted by molar-refractivity contribution is -0.120. The highest BCUT2D eigenvalue weighted by atomic mass is 16.3. The van der Waals surface area contributed by atoms with E-state index in [9.17, 15) is 4.79 Å². The Balaban J connectivity index is 2.37. The molecule has 0 aliphatic heterocycles. The predicted octanol–water partition coefficient (Wildman–Crippen LogP) is 2.95. The van der Waals surface area contributed by atoms with Crippen molar-refractivity contribution in [1.29, 1.82) is 5.26 Å². The van der Waals surface area contributed by atoms with Crippen molar-refractivity contribution >= 4 is 22.6 Å². The number of fused-ring (bicyclic) bond motifs is 1. The number of benzene rings is 1. The molecule has 1 heterocycles. The fraction of sp³-hybridized carbons (Fsp3) is 0.286. The second kappa shape index (κ2) is 4.92. The molecule has 0 saturated carbocycles. The number of hydrogen-bond donors (Lipinski definition) is 0. The van der Waals surface area contributed by atoms with Crippen molar-refractivity contribution in [3.05, 3.63) is 30.5 Å². The summed E-state index contributed by atoms with van der Waals surface area (Å²) in [4.78, 5) is 13.6. The molecule has 0 spiro atoms. The van der Waals surface area contributed by atoms with Gasteiger partial charge in [0.1, 0.15) is 17.8 Å². The van der Waals surface area contributed by atoms with Gasteiger partial charge in [-0.25, -0.2) is 0 Å². The Hall–Kier alpha value is -2.28. The highest BCUT2D eigenvalue weighted by Crippen LogP contribution is 2.29. The van der Waals surface area contributed by atoms with E-state index in [1.807, 2.05) is 37.3 Å². The molecule has 4 nitrogen and oxygen atoms in total. The second-order valence-corrected chi connectivity index (χ2v) is 4.10. The number of anilines is 1. The maximum Gasteiger partial charge on any atom is 0.244 e. The molecule has 1 amide bonds. The normalized spacial score (nSPS) is 12.1. The monoisotopic (exact) mass is 242 g/mol. The van der Waals surface area contributed by atoms with E-state index in [0.717, 1.165) is 11.0 Å². The molecule has 2 rings (SSSR count). The number of carbonyl (C=O) groups excluding carboxylic acids is 1. The molecule has 0 bridgehead atoms. The van der Waals surface area contributed by atoms with Gasteiger partial charge >= 0.3 is 0 Å². The van der Waals surface area contributed by atoms with Crippen LogP contribution in [0.25, 0.3) is 11.0 Å². The van der Waals surface area contributed by atoms with Crippen LogP contribution in [0.5, 0.6) is 0 Å². The molecule has 0 aliphatic carbocycles. The highest BCUT2D eigenvalue weighted by molar-refractivity contribution is 6.03. The van der Waals surface area contributed by atoms with Gasteiger partial charge in [-0.15, -0.1) is 0 Å². The standard InChI is InChI=1S/C14H14N2O2/c1-3-10(8-15)14(17)16(2)12-9-18-13-7-5-4-6-11(12)13/h4-7,9-10H,3H2,1-2H3. The predicted molar refractivity (Wildman–Crippen MR) is 69.0 cm³/mol. The lowest BCUT2D eigenvalue weighted by atomic mass is 10.1. The van der Waals surface area contributed by atoms with Crippen LogP contribution in [0.1, 0.15) is 13.3 Å². The first kappa shape index (κ1) is 12.2. The van der Waals surface area contributed by atoms with Crippen LogP contribution >= 0.6 is 0 Å². The molecule has 0 N–H and O–H groups in total. The molecule has 1 unspecified atom stereocenters. The molecule has 4 heteroatoms. The summed E-state index contributed by atoms with van der Waals surface area (Å²) in [5, 5.41) is 9.81. The van der Waals surface area contributed by atoms with Crippen LogP contribution < -0.4 is 4.90 Å². The lowest BCUT2D eigenvalue weighted by Crippen LogP contribution is -2.31. The minimum absolute atomic E-state index is 0.202. The Kier molecular flexibility index (Phi) is 3.33. The van der Waals surface area contributed by atoms with E-state index in [-0.39, 0.29) is 5.91 Å². The summed E-state index contributed by atoms with van der Waals surface area (Å²) in [6.07, 6.45) is 2.06. The van der Waals surface area contributed by atoms with Crippen molar-refractivity contribution in [1.82, 2.24) is 0 Å². The van der Waals surface area contributed by atoms with E-state index >= 15 is 0 Å². The van der Waals surface area contributed by atoms with Gasteiger partial charge in [0.2, 0.25) is 5.91 Å². The summed E-state index contributed by atoms with van der Waals surface area (Å²) in [5.41, 5.74) is 1.43. The molecule has 92 valence electrons. The zero-order valence-corrected chi connectivity index (χ0v) is 10.4. The van der Waals surface area contributed by atoms with Crippen molar-refractivity contribution in [2.75, 3.05) is 11.9 Å². The molecule has 18 heavy (non-hydrogen) atoms. The number of hydrogen-bond acceptors (Lipinski definition) is 3. The third-order valence-electron chi connectivity index (χ3n) is 3.01. The van der Waals surface area contributed by atoms with Crippen LogP contribution in [0.4, 0.5) is 5.69 Å². The summed E-state index contributed by atoms with van der Waals surface area (Å²) in [5.74, 6) is -0.810. The quantitative estimate of drug-likeness (QED) is 0.831. The topological polar surface area (TPSA) is 57.2 Å². The molecule has 1 aromatic carbocycles. The van der Waals surface area contributed by atoms with E-state index in [2.05, 4.69) is 0 Å². The Morgan fingerprint density at radius 1 is 1.50 bits per heavy atom. The zero-order chi connectivity index (χ0) is 13.1. The molecular formula is C14H14N2O2. The average Bonchev–Trinajstić information content (AvgIpc) is 2.83. The number of amides is 1. The maximum absolute atomic E-state index is 12.1. The number of nitrogens with zero attached hydrogens (tertiary/aromatic N) is 2. The second-order valence-electron chi connectivity index (χ2n) is 4.10. The molecule has 1 aromatic heterocycles. The first-order valence-corrected chi connectivity index (χ1v) is 5.82. The summed E-state index contributed by atoms with van der Waals surface area (Å²) >= 11 is 0. The van der Waals surface area contributed by atoms with E-state index in [0.29, 0.717) is 12.1 Å². The highest BCUT2D eigenvalue weighted by Gasteiger charge is 2.23.